The molecule has 2 aliphatic rings. The van der Waals surface area contributed by atoms with Gasteiger partial charge in [0.25, 0.3) is 11.3 Å². The molecule has 3 aromatic rings. The number of carbonyl (C=O) groups excluding carboxylic acids is 2. The van der Waals surface area contributed by atoms with Crippen LogP contribution in [-0.4, -0.2) is 84.2 Å². The summed E-state index contributed by atoms with van der Waals surface area (Å²) in [6.45, 7) is 1.54. The Labute approximate surface area is 303 Å². The number of nitro benzene ring substituents is 1. The summed E-state index contributed by atoms with van der Waals surface area (Å²) in [4.78, 5) is 33.7. The minimum Gasteiger partial charge on any atom is -0.414 e. The summed E-state index contributed by atoms with van der Waals surface area (Å²) >= 11 is 4.92. The van der Waals surface area contributed by atoms with Gasteiger partial charge >= 0.3 is 23.8 Å². The first kappa shape index (κ1) is 41.3. The SMILES string of the molecule is O=C(Cl)Oc1ccc([N+](=O)[O-])cc1.O=C(NCC1CC1)Nc1ccc(S(=O)(=O)N2CCN(Cc3ccc(C(O)(C(F)(F)F)C(F)(F)F)cc3)CC2)cc1. The number of nitrogens with zero attached hydrogens (tertiary/aromatic N) is 3. The molecule has 0 atom stereocenters. The van der Waals surface area contributed by atoms with Crippen molar-refractivity contribution < 1.29 is 59.1 Å². The van der Waals surface area contributed by atoms with Crippen molar-refractivity contribution in [3.63, 3.8) is 0 Å². The molecule has 0 aromatic heterocycles. The maximum Gasteiger partial charge on any atom is 0.430 e. The second-order valence-corrected chi connectivity index (χ2v) is 14.2. The molecular formula is C32H32ClF6N5O8S. The van der Waals surface area contributed by atoms with Crippen LogP contribution in [0.5, 0.6) is 5.75 Å². The number of amides is 2. The van der Waals surface area contributed by atoms with E-state index in [2.05, 4.69) is 15.4 Å². The quantitative estimate of drug-likeness (QED) is 0.0913. The van der Waals surface area contributed by atoms with E-state index < -0.39 is 43.9 Å². The van der Waals surface area contributed by atoms with Gasteiger partial charge in [-0.15, -0.1) is 0 Å². The van der Waals surface area contributed by atoms with Crippen molar-refractivity contribution in [3.05, 3.63) is 94.0 Å². The summed E-state index contributed by atoms with van der Waals surface area (Å²) in [5.41, 5.74) is -6.55. The first-order valence-electron chi connectivity index (χ1n) is 15.6. The standard InChI is InChI=1S/C25H28F6N4O4S.C7H4ClNO4/c26-24(27,28)23(37,25(29,30)31)19-5-3-18(4-6-19)16-34-11-13-35(14-12-34)40(38,39)21-9-7-20(8-10-21)33-22(36)32-15-17-1-2-17;8-7(10)13-6-3-1-5(2-4-6)9(11)12/h3-10,17,37H,1-2,11-16H2,(H2,32,33,36);1-4H. The first-order valence-corrected chi connectivity index (χ1v) is 17.5. The third-order valence-electron chi connectivity index (χ3n) is 8.17. The Morgan fingerprint density at radius 1 is 0.887 bits per heavy atom. The van der Waals surface area contributed by atoms with E-state index in [9.17, 15) is 59.6 Å². The number of urea groups is 1. The number of benzene rings is 3. The lowest BCUT2D eigenvalue weighted by molar-refractivity contribution is -0.384. The van der Waals surface area contributed by atoms with E-state index >= 15 is 0 Å². The Hall–Kier alpha value is -4.50. The zero-order valence-corrected chi connectivity index (χ0v) is 28.9. The van der Waals surface area contributed by atoms with Crippen LogP contribution in [0.2, 0.25) is 0 Å². The molecule has 0 spiro atoms. The highest BCUT2D eigenvalue weighted by molar-refractivity contribution is 7.89. The molecule has 0 unspecified atom stereocenters. The number of hydrogen-bond acceptors (Lipinski definition) is 9. The van der Waals surface area contributed by atoms with Crippen LogP contribution in [0.4, 0.5) is 47.3 Å². The van der Waals surface area contributed by atoms with Gasteiger partial charge < -0.3 is 20.5 Å². The molecule has 2 fully saturated rings. The number of anilines is 1. The summed E-state index contributed by atoms with van der Waals surface area (Å²) in [6, 6.07) is 13.7. The van der Waals surface area contributed by atoms with E-state index in [0.29, 0.717) is 35.8 Å². The molecule has 1 aliphatic heterocycles. The van der Waals surface area contributed by atoms with E-state index in [1.807, 2.05) is 4.90 Å². The zero-order chi connectivity index (χ0) is 39.2. The second-order valence-electron chi connectivity index (χ2n) is 12.0. The maximum absolute atomic E-state index is 13.1. The van der Waals surface area contributed by atoms with Gasteiger partial charge in [0.2, 0.25) is 10.0 Å². The lowest BCUT2D eigenvalue weighted by Crippen LogP contribution is -2.53. The Morgan fingerprint density at radius 3 is 1.91 bits per heavy atom. The van der Waals surface area contributed by atoms with E-state index in [1.54, 1.807) is 0 Å². The van der Waals surface area contributed by atoms with Crippen molar-refractivity contribution in [2.75, 3.05) is 38.0 Å². The van der Waals surface area contributed by atoms with Crippen molar-refractivity contribution in [3.8, 4) is 5.75 Å². The van der Waals surface area contributed by atoms with E-state index in [4.69, 9.17) is 11.6 Å². The summed E-state index contributed by atoms with van der Waals surface area (Å²) < 4.78 is 110. The topological polar surface area (TPSA) is 171 Å². The molecule has 53 heavy (non-hydrogen) atoms. The smallest absolute Gasteiger partial charge is 0.414 e. The summed E-state index contributed by atoms with van der Waals surface area (Å²) in [5.74, 6) is 0.688. The van der Waals surface area contributed by atoms with Gasteiger partial charge in [-0.25, -0.2) is 18.0 Å². The van der Waals surface area contributed by atoms with Crippen LogP contribution in [0.25, 0.3) is 0 Å². The van der Waals surface area contributed by atoms with E-state index in [0.717, 1.165) is 25.0 Å². The number of alkyl halides is 6. The number of nitro groups is 1. The predicted molar refractivity (Wildman–Crippen MR) is 178 cm³/mol. The Morgan fingerprint density at radius 2 is 1.43 bits per heavy atom. The van der Waals surface area contributed by atoms with Crippen molar-refractivity contribution in [2.45, 2.75) is 42.2 Å². The van der Waals surface area contributed by atoms with Gasteiger partial charge in [-0.3, -0.25) is 15.0 Å². The molecule has 2 amide bonds. The first-order chi connectivity index (χ1) is 24.7. The third-order valence-corrected chi connectivity index (χ3v) is 10.2. The van der Waals surface area contributed by atoms with Gasteiger partial charge in [-0.1, -0.05) is 24.3 Å². The number of carbonyl (C=O) groups is 2. The molecule has 0 radical (unpaired) electrons. The molecule has 288 valence electrons. The van der Waals surface area contributed by atoms with Crippen molar-refractivity contribution in [1.82, 2.24) is 14.5 Å². The highest BCUT2D eigenvalue weighted by Gasteiger charge is 2.71. The molecule has 3 aromatic carbocycles. The number of non-ortho nitro benzene ring substituents is 1. The van der Waals surface area contributed by atoms with Crippen LogP contribution < -0.4 is 15.4 Å². The molecule has 1 heterocycles. The monoisotopic (exact) mass is 795 g/mol. The number of hydrogen-bond donors (Lipinski definition) is 3. The highest BCUT2D eigenvalue weighted by Crippen LogP contribution is 2.50. The lowest BCUT2D eigenvalue weighted by atomic mass is 9.91. The van der Waals surface area contributed by atoms with Gasteiger partial charge in [0.1, 0.15) is 5.75 Å². The van der Waals surface area contributed by atoms with Gasteiger partial charge in [-0.2, -0.15) is 30.6 Å². The fourth-order valence-electron chi connectivity index (χ4n) is 5.05. The molecule has 13 nitrogen and oxygen atoms in total. The van der Waals surface area contributed by atoms with Crippen LogP contribution in [0.15, 0.2) is 77.7 Å². The van der Waals surface area contributed by atoms with E-state index in [1.165, 1.54) is 52.8 Å². The molecule has 21 heteroatoms. The van der Waals surface area contributed by atoms with Crippen LogP contribution in [0, 0.1) is 16.0 Å². The molecule has 3 N–H and O–H groups in total. The Bertz CT molecular complexity index is 1840. The van der Waals surface area contributed by atoms with Gasteiger partial charge in [0.15, 0.2) is 0 Å². The second kappa shape index (κ2) is 16.7. The maximum atomic E-state index is 13.1. The van der Waals surface area contributed by atoms with Crippen molar-refractivity contribution in [2.24, 2.45) is 5.92 Å². The Balaban J connectivity index is 0.000000407. The molecule has 1 aliphatic carbocycles. The zero-order valence-electron chi connectivity index (χ0n) is 27.4. The lowest BCUT2D eigenvalue weighted by Gasteiger charge is -2.34. The van der Waals surface area contributed by atoms with Gasteiger partial charge in [0, 0.05) is 74.3 Å². The number of ether oxygens (including phenoxy) is 1. The van der Waals surface area contributed by atoms with Crippen molar-refractivity contribution in [1.29, 1.82) is 0 Å². The summed E-state index contributed by atoms with van der Waals surface area (Å²) in [7, 11) is -3.83. The largest absolute Gasteiger partial charge is 0.430 e. The average Bonchev–Trinajstić information content (AvgIpc) is 3.92. The number of aliphatic hydroxyl groups is 1. The molecule has 5 rings (SSSR count). The minimum absolute atomic E-state index is 0.0438. The van der Waals surface area contributed by atoms with Crippen molar-refractivity contribution >= 4 is 44.5 Å². The van der Waals surface area contributed by atoms with Gasteiger partial charge in [0.05, 0.1) is 9.82 Å². The fourth-order valence-corrected chi connectivity index (χ4v) is 6.56. The van der Waals surface area contributed by atoms with Crippen LogP contribution >= 0.6 is 11.6 Å². The number of halogens is 7. The highest BCUT2D eigenvalue weighted by atomic mass is 35.5. The molecule has 0 bridgehead atoms. The summed E-state index contributed by atoms with van der Waals surface area (Å²) in [5, 5.41) is 25.1. The number of rotatable bonds is 10. The Kier molecular flexibility index (Phi) is 13.0. The number of sulfonamides is 1. The third kappa shape index (κ3) is 10.8. The molecular weight excluding hydrogens is 764 g/mol. The number of piperazine rings is 1. The molecule has 1 saturated carbocycles. The normalized spacial score (nSPS) is 15.8. The minimum atomic E-state index is -5.96. The predicted octanol–water partition coefficient (Wildman–Crippen LogP) is 6.37. The summed E-state index contributed by atoms with van der Waals surface area (Å²) in [6.07, 6.45) is -9.74. The van der Waals surface area contributed by atoms with Crippen LogP contribution in [-0.2, 0) is 22.2 Å². The van der Waals surface area contributed by atoms with Gasteiger partial charge in [-0.05, 0) is 60.7 Å². The average molecular weight is 796 g/mol. The number of nitrogens with one attached hydrogen (secondary N) is 2. The van der Waals surface area contributed by atoms with Crippen LogP contribution in [0.3, 0.4) is 0 Å². The van der Waals surface area contributed by atoms with Crippen LogP contribution in [0.1, 0.15) is 24.0 Å². The fraction of sp³-hybridized carbons (Fsp3) is 0.375. The molecule has 1 saturated heterocycles. The van der Waals surface area contributed by atoms with E-state index in [-0.39, 0.29) is 55.1 Å².